The molecular weight excluding hydrogens is 266 g/mol. The van der Waals surface area contributed by atoms with Crippen LogP contribution in [0.2, 0.25) is 0 Å². The van der Waals surface area contributed by atoms with Gasteiger partial charge in [0.2, 0.25) is 5.76 Å². The second-order valence-electron chi connectivity index (χ2n) is 4.59. The van der Waals surface area contributed by atoms with Gasteiger partial charge in [0.05, 0.1) is 12.2 Å². The monoisotopic (exact) mass is 283 g/mol. The van der Waals surface area contributed by atoms with Gasteiger partial charge in [-0.25, -0.2) is 4.98 Å². The van der Waals surface area contributed by atoms with Crippen LogP contribution in [0.4, 0.5) is 0 Å². The van der Waals surface area contributed by atoms with Crippen LogP contribution in [0.3, 0.4) is 0 Å². The van der Waals surface area contributed by atoms with Crippen molar-refractivity contribution in [1.29, 1.82) is 0 Å². The number of hydrogen-bond acceptors (Lipinski definition) is 4. The minimum Gasteiger partial charge on any atom is -0.438 e. The van der Waals surface area contributed by atoms with Crippen molar-refractivity contribution in [1.82, 2.24) is 9.88 Å². The number of nitrogens with zero attached hydrogens (tertiary/aromatic N) is 2. The van der Waals surface area contributed by atoms with E-state index in [4.69, 9.17) is 10.2 Å². The first-order chi connectivity index (χ1) is 10.1. The highest BCUT2D eigenvalue weighted by atomic mass is 16.3. The van der Waals surface area contributed by atoms with E-state index in [-0.39, 0.29) is 11.7 Å². The molecule has 0 aliphatic heterocycles. The maximum Gasteiger partial charge on any atom is 0.291 e. The van der Waals surface area contributed by atoms with Crippen molar-refractivity contribution in [2.24, 2.45) is 5.73 Å². The van der Waals surface area contributed by atoms with Gasteiger partial charge in [-0.3, -0.25) is 4.79 Å². The molecule has 0 saturated heterocycles. The van der Waals surface area contributed by atoms with E-state index in [0.717, 1.165) is 11.1 Å². The molecule has 1 aromatic carbocycles. The molecule has 5 heteroatoms. The number of benzene rings is 1. The number of oxazole rings is 1. The van der Waals surface area contributed by atoms with Gasteiger partial charge in [-0.05, 0) is 18.6 Å². The summed E-state index contributed by atoms with van der Waals surface area (Å²) in [4.78, 5) is 17.8. The quantitative estimate of drug-likeness (QED) is 0.868. The van der Waals surface area contributed by atoms with Crippen LogP contribution < -0.4 is 5.73 Å². The molecule has 2 N–H and O–H groups in total. The molecule has 5 nitrogen and oxygen atoms in total. The molecule has 0 unspecified atom stereocenters. The van der Waals surface area contributed by atoms with Crippen molar-refractivity contribution in [3.05, 3.63) is 53.2 Å². The second kappa shape index (κ2) is 6.73. The zero-order valence-corrected chi connectivity index (χ0v) is 12.1. The first kappa shape index (κ1) is 14.8. The fraction of sp³-hybridized carbons (Fsp3) is 0.250. The van der Waals surface area contributed by atoms with Crippen LogP contribution in [0.5, 0.6) is 0 Å². The third-order valence-corrected chi connectivity index (χ3v) is 3.04. The van der Waals surface area contributed by atoms with Gasteiger partial charge in [0.15, 0.2) is 6.39 Å². The largest absolute Gasteiger partial charge is 0.438 e. The molecule has 0 bridgehead atoms. The van der Waals surface area contributed by atoms with Crippen molar-refractivity contribution in [2.45, 2.75) is 13.5 Å². The number of aromatic nitrogens is 1. The molecule has 0 fully saturated rings. The Kier molecular flexibility index (Phi) is 4.75. The summed E-state index contributed by atoms with van der Waals surface area (Å²) in [6.07, 6.45) is 1.27. The Hall–Kier alpha value is -2.58. The van der Waals surface area contributed by atoms with E-state index in [1.165, 1.54) is 6.39 Å². The van der Waals surface area contributed by atoms with E-state index >= 15 is 0 Å². The number of carbonyl (C=O) groups excluding carboxylic acids is 1. The Morgan fingerprint density at radius 3 is 2.86 bits per heavy atom. The lowest BCUT2D eigenvalue weighted by Gasteiger charge is -2.17. The first-order valence-electron chi connectivity index (χ1n) is 6.56. The van der Waals surface area contributed by atoms with Gasteiger partial charge in [0, 0.05) is 19.2 Å². The molecule has 2 rings (SSSR count). The molecule has 0 aliphatic rings. The fourth-order valence-electron chi connectivity index (χ4n) is 1.93. The van der Waals surface area contributed by atoms with E-state index in [1.807, 2.05) is 24.3 Å². The number of carbonyl (C=O) groups is 1. The normalized spacial score (nSPS) is 9.86. The van der Waals surface area contributed by atoms with E-state index in [9.17, 15) is 4.79 Å². The van der Waals surface area contributed by atoms with Crippen LogP contribution in [0.15, 0.2) is 35.1 Å². The maximum atomic E-state index is 12.3. The molecule has 0 atom stereocenters. The van der Waals surface area contributed by atoms with Gasteiger partial charge in [0.1, 0.15) is 0 Å². The lowest BCUT2D eigenvalue weighted by Crippen LogP contribution is -2.26. The lowest BCUT2D eigenvalue weighted by atomic mass is 10.1. The smallest absolute Gasteiger partial charge is 0.291 e. The Morgan fingerprint density at radius 1 is 1.43 bits per heavy atom. The topological polar surface area (TPSA) is 72.4 Å². The van der Waals surface area contributed by atoms with Gasteiger partial charge in [-0.1, -0.05) is 30.0 Å². The summed E-state index contributed by atoms with van der Waals surface area (Å²) in [6.45, 7) is 2.49. The van der Waals surface area contributed by atoms with Gasteiger partial charge in [-0.15, -0.1) is 0 Å². The standard InChI is InChI=1S/C16H17N3O2/c1-12-15(21-11-18-12)16(20)19(2)10-14-7-4-3-6-13(14)8-5-9-17/h3-4,6-7,11H,9-10,17H2,1-2H3. The van der Waals surface area contributed by atoms with Crippen molar-refractivity contribution >= 4 is 5.91 Å². The molecule has 1 heterocycles. The summed E-state index contributed by atoms with van der Waals surface area (Å²) in [6, 6.07) is 7.68. The number of aryl methyl sites for hydroxylation is 1. The number of amides is 1. The summed E-state index contributed by atoms with van der Waals surface area (Å²) < 4.78 is 5.13. The summed E-state index contributed by atoms with van der Waals surface area (Å²) >= 11 is 0. The number of nitrogens with two attached hydrogens (primary N) is 1. The molecule has 2 aromatic rings. The Labute approximate surface area is 123 Å². The predicted octanol–water partition coefficient (Wildman–Crippen LogP) is 1.57. The minimum atomic E-state index is -0.202. The van der Waals surface area contributed by atoms with Crippen molar-refractivity contribution in [3.63, 3.8) is 0 Å². The van der Waals surface area contributed by atoms with Gasteiger partial charge >= 0.3 is 0 Å². The van der Waals surface area contributed by atoms with Crippen LogP contribution in [-0.2, 0) is 6.54 Å². The Bertz CT molecular complexity index is 695. The fourth-order valence-corrected chi connectivity index (χ4v) is 1.93. The van der Waals surface area contributed by atoms with Crippen molar-refractivity contribution in [3.8, 4) is 11.8 Å². The molecule has 1 amide bonds. The molecule has 0 saturated carbocycles. The SMILES string of the molecule is Cc1ncoc1C(=O)N(C)Cc1ccccc1C#CCN. The van der Waals surface area contributed by atoms with Gasteiger partial charge in [-0.2, -0.15) is 0 Å². The highest BCUT2D eigenvalue weighted by molar-refractivity contribution is 5.92. The molecule has 21 heavy (non-hydrogen) atoms. The lowest BCUT2D eigenvalue weighted by molar-refractivity contribution is 0.0752. The molecule has 108 valence electrons. The van der Waals surface area contributed by atoms with E-state index in [1.54, 1.807) is 18.9 Å². The third-order valence-electron chi connectivity index (χ3n) is 3.04. The third kappa shape index (κ3) is 3.50. The van der Waals surface area contributed by atoms with Crippen molar-refractivity contribution < 1.29 is 9.21 Å². The second-order valence-corrected chi connectivity index (χ2v) is 4.59. The van der Waals surface area contributed by atoms with Crippen LogP contribution in [-0.4, -0.2) is 29.4 Å². The summed E-state index contributed by atoms with van der Waals surface area (Å²) in [5.41, 5.74) is 7.82. The van der Waals surface area contributed by atoms with Crippen LogP contribution >= 0.6 is 0 Å². The van der Waals surface area contributed by atoms with Crippen LogP contribution in [0, 0.1) is 18.8 Å². The first-order valence-corrected chi connectivity index (χ1v) is 6.56. The maximum absolute atomic E-state index is 12.3. The molecular formula is C16H17N3O2. The highest BCUT2D eigenvalue weighted by Crippen LogP contribution is 2.13. The number of hydrogen-bond donors (Lipinski definition) is 1. The summed E-state index contributed by atoms with van der Waals surface area (Å²) in [5, 5.41) is 0. The zero-order valence-electron chi connectivity index (χ0n) is 12.1. The average molecular weight is 283 g/mol. The Morgan fingerprint density at radius 2 is 2.19 bits per heavy atom. The highest BCUT2D eigenvalue weighted by Gasteiger charge is 2.19. The van der Waals surface area contributed by atoms with E-state index in [0.29, 0.717) is 18.8 Å². The molecule has 0 aliphatic carbocycles. The predicted molar refractivity (Wildman–Crippen MR) is 79.4 cm³/mol. The minimum absolute atomic E-state index is 0.202. The Balaban J connectivity index is 2.18. The van der Waals surface area contributed by atoms with Gasteiger partial charge < -0.3 is 15.1 Å². The molecule has 1 aromatic heterocycles. The summed E-state index contributed by atoms with van der Waals surface area (Å²) in [7, 11) is 1.72. The van der Waals surface area contributed by atoms with Gasteiger partial charge in [0.25, 0.3) is 5.91 Å². The van der Waals surface area contributed by atoms with Crippen LogP contribution in [0.25, 0.3) is 0 Å². The van der Waals surface area contributed by atoms with E-state index in [2.05, 4.69) is 16.8 Å². The number of rotatable bonds is 3. The molecule has 0 radical (unpaired) electrons. The molecule has 0 spiro atoms. The average Bonchev–Trinajstić information content (AvgIpc) is 2.91. The summed E-state index contributed by atoms with van der Waals surface area (Å²) in [5.74, 6) is 5.91. The van der Waals surface area contributed by atoms with Crippen molar-refractivity contribution in [2.75, 3.05) is 13.6 Å². The van der Waals surface area contributed by atoms with E-state index < -0.39 is 0 Å². The zero-order chi connectivity index (χ0) is 15.2. The van der Waals surface area contributed by atoms with Crippen LogP contribution in [0.1, 0.15) is 27.4 Å².